The van der Waals surface area contributed by atoms with E-state index in [0.29, 0.717) is 16.4 Å². The van der Waals surface area contributed by atoms with Crippen LogP contribution in [0.25, 0.3) is 10.8 Å². The van der Waals surface area contributed by atoms with Crippen molar-refractivity contribution >= 4 is 39.7 Å². The molecule has 0 radical (unpaired) electrons. The summed E-state index contributed by atoms with van der Waals surface area (Å²) in [5, 5.41) is 5.04. The van der Waals surface area contributed by atoms with Crippen LogP contribution in [0.15, 0.2) is 54.7 Å². The number of halogens is 1. The van der Waals surface area contributed by atoms with Gasteiger partial charge in [0.25, 0.3) is 5.91 Å². The molecule has 1 fully saturated rings. The van der Waals surface area contributed by atoms with Crippen LogP contribution in [0.1, 0.15) is 10.4 Å². The third-order valence-electron chi connectivity index (χ3n) is 4.99. The number of nitrogens with one attached hydrogen (secondary N) is 1. The van der Waals surface area contributed by atoms with Crippen molar-refractivity contribution in [2.75, 3.05) is 43.4 Å². The first-order valence-corrected chi connectivity index (χ1v) is 9.38. The Morgan fingerprint density at radius 2 is 1.78 bits per heavy atom. The second-order valence-electron chi connectivity index (χ2n) is 6.80. The minimum atomic E-state index is -0.160. The molecule has 1 N–H and O–H groups in total. The van der Waals surface area contributed by atoms with Crippen molar-refractivity contribution in [3.8, 4) is 0 Å². The Hall–Kier alpha value is -2.63. The zero-order valence-corrected chi connectivity index (χ0v) is 15.9. The Bertz CT molecular complexity index is 960. The molecular formula is C21H21ClN4O. The predicted molar refractivity (Wildman–Crippen MR) is 111 cm³/mol. The first-order chi connectivity index (χ1) is 13.1. The number of aromatic nitrogens is 1. The van der Waals surface area contributed by atoms with E-state index >= 15 is 0 Å². The van der Waals surface area contributed by atoms with E-state index < -0.39 is 0 Å². The SMILES string of the molecule is CN1CCN(c2ccc(C(=O)Nc3cccc4ccnc(Cl)c34)cc2)CC1. The minimum absolute atomic E-state index is 0.160. The first kappa shape index (κ1) is 17.8. The summed E-state index contributed by atoms with van der Waals surface area (Å²) in [5.74, 6) is -0.160. The molecule has 5 nitrogen and oxygen atoms in total. The number of fused-ring (bicyclic) bond motifs is 1. The summed E-state index contributed by atoms with van der Waals surface area (Å²) in [6.45, 7) is 4.11. The maximum absolute atomic E-state index is 12.7. The van der Waals surface area contributed by atoms with Gasteiger partial charge in [-0.05, 0) is 48.8 Å². The Morgan fingerprint density at radius 1 is 1.04 bits per heavy atom. The van der Waals surface area contributed by atoms with E-state index in [2.05, 4.69) is 27.1 Å². The summed E-state index contributed by atoms with van der Waals surface area (Å²) in [6.07, 6.45) is 1.66. The van der Waals surface area contributed by atoms with Crippen LogP contribution in [0.3, 0.4) is 0 Å². The molecule has 0 aliphatic carbocycles. The average molecular weight is 381 g/mol. The van der Waals surface area contributed by atoms with Gasteiger partial charge in [-0.3, -0.25) is 4.79 Å². The van der Waals surface area contributed by atoms with Crippen molar-refractivity contribution in [3.05, 3.63) is 65.4 Å². The number of amides is 1. The van der Waals surface area contributed by atoms with E-state index in [1.54, 1.807) is 6.20 Å². The quantitative estimate of drug-likeness (QED) is 0.700. The molecule has 1 saturated heterocycles. The molecule has 2 aromatic carbocycles. The number of benzene rings is 2. The van der Waals surface area contributed by atoms with Gasteiger partial charge in [-0.1, -0.05) is 23.7 Å². The number of carbonyl (C=O) groups excluding carboxylic acids is 1. The molecule has 0 spiro atoms. The van der Waals surface area contributed by atoms with Crippen LogP contribution in [0.5, 0.6) is 0 Å². The molecule has 0 saturated carbocycles. The molecule has 138 valence electrons. The summed E-state index contributed by atoms with van der Waals surface area (Å²) >= 11 is 6.24. The lowest BCUT2D eigenvalue weighted by molar-refractivity contribution is 0.102. The van der Waals surface area contributed by atoms with Crippen molar-refractivity contribution in [3.63, 3.8) is 0 Å². The lowest BCUT2D eigenvalue weighted by atomic mass is 10.1. The fraction of sp³-hybridized carbons (Fsp3) is 0.238. The molecule has 0 unspecified atom stereocenters. The highest BCUT2D eigenvalue weighted by Gasteiger charge is 2.15. The van der Waals surface area contributed by atoms with Crippen molar-refractivity contribution < 1.29 is 4.79 Å². The number of anilines is 2. The van der Waals surface area contributed by atoms with Gasteiger partial charge in [0, 0.05) is 49.0 Å². The summed E-state index contributed by atoms with van der Waals surface area (Å²) in [5.41, 5.74) is 2.43. The van der Waals surface area contributed by atoms with Crippen molar-refractivity contribution in [2.45, 2.75) is 0 Å². The summed E-state index contributed by atoms with van der Waals surface area (Å²) in [7, 11) is 2.14. The predicted octanol–water partition coefficient (Wildman–Crippen LogP) is 3.89. The van der Waals surface area contributed by atoms with E-state index in [4.69, 9.17) is 11.6 Å². The largest absolute Gasteiger partial charge is 0.369 e. The zero-order chi connectivity index (χ0) is 18.8. The van der Waals surface area contributed by atoms with Gasteiger partial charge in [0.1, 0.15) is 5.15 Å². The maximum Gasteiger partial charge on any atom is 0.255 e. The first-order valence-electron chi connectivity index (χ1n) is 9.00. The maximum atomic E-state index is 12.7. The number of pyridine rings is 1. The standard InChI is InChI=1S/C21H21ClN4O/c1-25-11-13-26(14-12-25)17-7-5-16(6-8-17)21(27)24-18-4-2-3-15-9-10-23-20(22)19(15)18/h2-10H,11-14H2,1H3,(H,24,27). The van der Waals surface area contributed by atoms with Gasteiger partial charge in [-0.25, -0.2) is 4.98 Å². The van der Waals surface area contributed by atoms with Crippen LogP contribution in [0.2, 0.25) is 5.15 Å². The molecule has 1 amide bonds. The molecule has 27 heavy (non-hydrogen) atoms. The molecule has 6 heteroatoms. The van der Waals surface area contributed by atoms with E-state index in [9.17, 15) is 4.79 Å². The van der Waals surface area contributed by atoms with Gasteiger partial charge >= 0.3 is 0 Å². The molecule has 0 atom stereocenters. The number of likely N-dealkylation sites (N-methyl/N-ethyl adjacent to an activating group) is 1. The number of nitrogens with zero attached hydrogens (tertiary/aromatic N) is 3. The summed E-state index contributed by atoms with van der Waals surface area (Å²) in [4.78, 5) is 21.5. The van der Waals surface area contributed by atoms with Crippen molar-refractivity contribution in [1.82, 2.24) is 9.88 Å². The molecule has 3 aromatic rings. The number of hydrogen-bond donors (Lipinski definition) is 1. The molecule has 1 aliphatic rings. The lowest BCUT2D eigenvalue weighted by Crippen LogP contribution is -2.44. The highest BCUT2D eigenvalue weighted by atomic mass is 35.5. The Kier molecular flexibility index (Phi) is 4.97. The Morgan fingerprint density at radius 3 is 2.52 bits per heavy atom. The van der Waals surface area contributed by atoms with E-state index in [1.807, 2.05) is 48.5 Å². The van der Waals surface area contributed by atoms with E-state index in [0.717, 1.165) is 42.6 Å². The highest BCUT2D eigenvalue weighted by molar-refractivity contribution is 6.35. The van der Waals surface area contributed by atoms with Crippen LogP contribution < -0.4 is 10.2 Å². The fourth-order valence-electron chi connectivity index (χ4n) is 3.37. The van der Waals surface area contributed by atoms with Gasteiger partial charge in [0.05, 0.1) is 5.69 Å². The fourth-order valence-corrected chi connectivity index (χ4v) is 3.64. The van der Waals surface area contributed by atoms with Crippen LogP contribution in [-0.4, -0.2) is 49.0 Å². The van der Waals surface area contributed by atoms with Crippen LogP contribution in [0, 0.1) is 0 Å². The molecule has 2 heterocycles. The lowest BCUT2D eigenvalue weighted by Gasteiger charge is -2.34. The molecular weight excluding hydrogens is 360 g/mol. The second-order valence-corrected chi connectivity index (χ2v) is 7.15. The molecule has 1 aromatic heterocycles. The van der Waals surface area contributed by atoms with Crippen molar-refractivity contribution in [1.29, 1.82) is 0 Å². The number of rotatable bonds is 3. The van der Waals surface area contributed by atoms with Crippen LogP contribution >= 0.6 is 11.6 Å². The number of carbonyl (C=O) groups is 1. The monoisotopic (exact) mass is 380 g/mol. The van der Waals surface area contributed by atoms with Crippen LogP contribution in [-0.2, 0) is 0 Å². The topological polar surface area (TPSA) is 48.5 Å². The molecule has 4 rings (SSSR count). The summed E-state index contributed by atoms with van der Waals surface area (Å²) < 4.78 is 0. The number of piperazine rings is 1. The smallest absolute Gasteiger partial charge is 0.255 e. The molecule has 1 aliphatic heterocycles. The van der Waals surface area contributed by atoms with Gasteiger partial charge in [0.2, 0.25) is 0 Å². The van der Waals surface area contributed by atoms with Crippen molar-refractivity contribution in [2.24, 2.45) is 0 Å². The third-order valence-corrected chi connectivity index (χ3v) is 5.28. The second kappa shape index (κ2) is 7.55. The van der Waals surface area contributed by atoms with Gasteiger partial charge in [-0.15, -0.1) is 0 Å². The van der Waals surface area contributed by atoms with Crippen LogP contribution in [0.4, 0.5) is 11.4 Å². The van der Waals surface area contributed by atoms with Gasteiger partial charge in [-0.2, -0.15) is 0 Å². The zero-order valence-electron chi connectivity index (χ0n) is 15.2. The van der Waals surface area contributed by atoms with E-state index in [1.165, 1.54) is 0 Å². The molecule has 0 bridgehead atoms. The van der Waals surface area contributed by atoms with Gasteiger partial charge < -0.3 is 15.1 Å². The minimum Gasteiger partial charge on any atom is -0.369 e. The third kappa shape index (κ3) is 3.75. The Balaban J connectivity index is 1.52. The number of hydrogen-bond acceptors (Lipinski definition) is 4. The van der Waals surface area contributed by atoms with Gasteiger partial charge in [0.15, 0.2) is 0 Å². The highest BCUT2D eigenvalue weighted by Crippen LogP contribution is 2.29. The summed E-state index contributed by atoms with van der Waals surface area (Å²) in [6, 6.07) is 15.3. The normalized spacial score (nSPS) is 15.1. The average Bonchev–Trinajstić information content (AvgIpc) is 2.69. The van der Waals surface area contributed by atoms with E-state index in [-0.39, 0.29) is 5.91 Å². The Labute approximate surface area is 163 Å².